The molecule has 0 aliphatic rings. The molecule has 1 nitrogen and oxygen atoms in total. The molecule has 0 heterocycles. The normalized spacial score (nSPS) is 12.8. The molecule has 9 heavy (non-hydrogen) atoms. The predicted octanol–water partition coefficient (Wildman–Crippen LogP) is 1.97. The van der Waals surface area contributed by atoms with E-state index < -0.39 is 0 Å². The van der Waals surface area contributed by atoms with Crippen LogP contribution in [0.1, 0.15) is 27.2 Å². The fourth-order valence-corrected chi connectivity index (χ4v) is 0.546. The summed E-state index contributed by atoms with van der Waals surface area (Å²) < 4.78 is 0. The van der Waals surface area contributed by atoms with E-state index in [1.807, 2.05) is 6.92 Å². The average molecular weight is 145 g/mol. The molecular weight excluding hydrogens is 130 g/mol. The van der Waals surface area contributed by atoms with E-state index >= 15 is 0 Å². The van der Waals surface area contributed by atoms with E-state index in [9.17, 15) is 0 Å². The third-order valence-electron chi connectivity index (χ3n) is 1.40. The minimum Gasteiger partial charge on any atom is -0.380 e. The second kappa shape index (κ2) is 4.74. The van der Waals surface area contributed by atoms with Gasteiger partial charge in [0.15, 0.2) is 0 Å². The highest BCUT2D eigenvalue weighted by Crippen LogP contribution is 1.96. The molecule has 0 aliphatic carbocycles. The summed E-state index contributed by atoms with van der Waals surface area (Å²) in [7, 11) is 0. The molecule has 0 amide bonds. The highest BCUT2D eigenvalue weighted by Gasteiger charge is 1.95. The van der Waals surface area contributed by atoms with Crippen molar-refractivity contribution in [3.05, 3.63) is 0 Å². The topological polar surface area (TPSA) is 12.0 Å². The van der Waals surface area contributed by atoms with Gasteiger partial charge < -0.3 is 5.32 Å². The summed E-state index contributed by atoms with van der Waals surface area (Å²) in [6.07, 6.45) is 1.22. The summed E-state index contributed by atoms with van der Waals surface area (Å²) in [5, 5.41) is 3.13. The van der Waals surface area contributed by atoms with Gasteiger partial charge in [-0.2, -0.15) is 0 Å². The van der Waals surface area contributed by atoms with Crippen LogP contribution >= 0.6 is 12.2 Å². The highest BCUT2D eigenvalue weighted by molar-refractivity contribution is 7.80. The average Bonchev–Trinajstić information content (AvgIpc) is 1.83. The molecule has 0 fully saturated rings. The Morgan fingerprint density at radius 1 is 1.67 bits per heavy atom. The van der Waals surface area contributed by atoms with Crippen molar-refractivity contribution >= 4 is 17.2 Å². The number of nitrogens with one attached hydrogen (secondary N) is 1. The first-order valence-electron chi connectivity index (χ1n) is 3.41. The van der Waals surface area contributed by atoms with E-state index in [1.165, 1.54) is 6.42 Å². The Morgan fingerprint density at radius 2 is 2.22 bits per heavy atom. The molecular formula is C7H15NS. The first-order valence-corrected chi connectivity index (χ1v) is 3.82. The zero-order valence-corrected chi connectivity index (χ0v) is 7.22. The van der Waals surface area contributed by atoms with E-state index in [4.69, 9.17) is 12.2 Å². The Balaban J connectivity index is 3.16. The standard InChI is InChI=1S/C7H15NS/c1-4-6(2)5-8-7(3)9/h6H,4-5H2,1-3H3,(H,8,9)/t6-/m0/s1. The van der Waals surface area contributed by atoms with Crippen LogP contribution in [0.15, 0.2) is 0 Å². The van der Waals surface area contributed by atoms with Gasteiger partial charge in [-0.15, -0.1) is 0 Å². The van der Waals surface area contributed by atoms with Gasteiger partial charge in [0.05, 0.1) is 4.99 Å². The molecule has 0 bridgehead atoms. The van der Waals surface area contributed by atoms with Crippen molar-refractivity contribution < 1.29 is 0 Å². The first kappa shape index (κ1) is 8.89. The van der Waals surface area contributed by atoms with Gasteiger partial charge in [0.1, 0.15) is 0 Å². The largest absolute Gasteiger partial charge is 0.380 e. The van der Waals surface area contributed by atoms with E-state index in [-0.39, 0.29) is 0 Å². The number of rotatable bonds is 3. The maximum absolute atomic E-state index is 4.85. The second-order valence-corrected chi connectivity index (χ2v) is 3.06. The van der Waals surface area contributed by atoms with Crippen LogP contribution in [0.2, 0.25) is 0 Å². The Morgan fingerprint density at radius 3 is 2.56 bits per heavy atom. The number of hydrogen-bond donors (Lipinski definition) is 1. The van der Waals surface area contributed by atoms with Gasteiger partial charge in [-0.1, -0.05) is 32.5 Å². The minimum absolute atomic E-state index is 0.739. The van der Waals surface area contributed by atoms with Crippen molar-refractivity contribution in [2.24, 2.45) is 5.92 Å². The van der Waals surface area contributed by atoms with Crippen LogP contribution in [0.25, 0.3) is 0 Å². The van der Waals surface area contributed by atoms with Crippen LogP contribution in [-0.4, -0.2) is 11.5 Å². The van der Waals surface area contributed by atoms with Crippen molar-refractivity contribution in [2.45, 2.75) is 27.2 Å². The van der Waals surface area contributed by atoms with E-state index in [0.29, 0.717) is 0 Å². The van der Waals surface area contributed by atoms with E-state index in [1.54, 1.807) is 0 Å². The zero-order valence-electron chi connectivity index (χ0n) is 6.40. The lowest BCUT2D eigenvalue weighted by atomic mass is 10.1. The molecule has 54 valence electrons. The highest BCUT2D eigenvalue weighted by atomic mass is 32.1. The van der Waals surface area contributed by atoms with Gasteiger partial charge in [-0.3, -0.25) is 0 Å². The van der Waals surface area contributed by atoms with Crippen molar-refractivity contribution in [3.63, 3.8) is 0 Å². The Bertz CT molecular complexity index is 90.9. The van der Waals surface area contributed by atoms with Gasteiger partial charge in [-0.05, 0) is 12.8 Å². The Hall–Kier alpha value is -0.110. The fraction of sp³-hybridized carbons (Fsp3) is 0.857. The van der Waals surface area contributed by atoms with Crippen molar-refractivity contribution in [2.75, 3.05) is 6.54 Å². The quantitative estimate of drug-likeness (QED) is 0.609. The molecule has 0 radical (unpaired) electrons. The number of hydrogen-bond acceptors (Lipinski definition) is 1. The van der Waals surface area contributed by atoms with Gasteiger partial charge in [-0.25, -0.2) is 0 Å². The van der Waals surface area contributed by atoms with E-state index in [0.717, 1.165) is 17.5 Å². The maximum atomic E-state index is 4.85. The molecule has 0 aromatic rings. The van der Waals surface area contributed by atoms with Crippen molar-refractivity contribution in [1.29, 1.82) is 0 Å². The molecule has 1 atom stereocenters. The smallest absolute Gasteiger partial charge is 0.0721 e. The predicted molar refractivity (Wildman–Crippen MR) is 45.7 cm³/mol. The van der Waals surface area contributed by atoms with Crippen LogP contribution in [-0.2, 0) is 0 Å². The summed E-state index contributed by atoms with van der Waals surface area (Å²) in [4.78, 5) is 0.898. The first-order chi connectivity index (χ1) is 4.16. The summed E-state index contributed by atoms with van der Waals surface area (Å²) >= 11 is 4.85. The lowest BCUT2D eigenvalue weighted by Crippen LogP contribution is -2.23. The SMILES string of the molecule is CC[C@H](C)CNC(C)=S. The van der Waals surface area contributed by atoms with Crippen LogP contribution in [0.3, 0.4) is 0 Å². The van der Waals surface area contributed by atoms with Gasteiger partial charge >= 0.3 is 0 Å². The molecule has 0 unspecified atom stereocenters. The molecule has 0 saturated carbocycles. The summed E-state index contributed by atoms with van der Waals surface area (Å²) in [6.45, 7) is 7.33. The Kier molecular flexibility index (Phi) is 4.68. The lowest BCUT2D eigenvalue weighted by Gasteiger charge is -2.08. The third-order valence-corrected chi connectivity index (χ3v) is 1.54. The van der Waals surface area contributed by atoms with Crippen LogP contribution in [0.4, 0.5) is 0 Å². The van der Waals surface area contributed by atoms with Crippen LogP contribution < -0.4 is 5.32 Å². The summed E-state index contributed by atoms with van der Waals surface area (Å²) in [5.74, 6) is 0.739. The molecule has 0 rings (SSSR count). The van der Waals surface area contributed by atoms with Crippen LogP contribution in [0.5, 0.6) is 0 Å². The Labute approximate surface area is 62.8 Å². The molecule has 0 aromatic heterocycles. The monoisotopic (exact) mass is 145 g/mol. The van der Waals surface area contributed by atoms with Crippen molar-refractivity contribution in [1.82, 2.24) is 5.32 Å². The minimum atomic E-state index is 0.739. The fourth-order valence-electron chi connectivity index (χ4n) is 0.462. The number of thiocarbonyl (C=S) groups is 1. The maximum Gasteiger partial charge on any atom is 0.0721 e. The van der Waals surface area contributed by atoms with E-state index in [2.05, 4.69) is 19.2 Å². The zero-order chi connectivity index (χ0) is 7.28. The molecule has 0 aliphatic heterocycles. The third kappa shape index (κ3) is 5.77. The molecule has 0 aromatic carbocycles. The van der Waals surface area contributed by atoms with Crippen LogP contribution in [0, 0.1) is 5.92 Å². The van der Waals surface area contributed by atoms with Gasteiger partial charge in [0.25, 0.3) is 0 Å². The van der Waals surface area contributed by atoms with Crippen molar-refractivity contribution in [3.8, 4) is 0 Å². The summed E-state index contributed by atoms with van der Waals surface area (Å²) in [5.41, 5.74) is 0. The van der Waals surface area contributed by atoms with Gasteiger partial charge in [0.2, 0.25) is 0 Å². The van der Waals surface area contributed by atoms with Gasteiger partial charge in [0, 0.05) is 6.54 Å². The summed E-state index contributed by atoms with van der Waals surface area (Å²) in [6, 6.07) is 0. The molecule has 0 saturated heterocycles. The second-order valence-electron chi connectivity index (χ2n) is 2.45. The molecule has 2 heteroatoms. The molecule has 0 spiro atoms. The lowest BCUT2D eigenvalue weighted by molar-refractivity contribution is 0.550. The molecule has 1 N–H and O–H groups in total.